The molecular weight excluding hydrogens is 388 g/mol. The summed E-state index contributed by atoms with van der Waals surface area (Å²) in [5.74, 6) is 0.126. The maximum Gasteiger partial charge on any atom is 0.227 e. The number of rotatable bonds is 6. The van der Waals surface area contributed by atoms with Crippen LogP contribution >= 0.6 is 0 Å². The Morgan fingerprint density at radius 2 is 1.00 bits per heavy atom. The maximum atomic E-state index is 12.9. The second-order valence-corrected chi connectivity index (χ2v) is 9.74. The molecule has 2 N–H and O–H groups in total. The number of amides is 2. The molecular formula is C22H24N2O4S. The van der Waals surface area contributed by atoms with Crippen LogP contribution in [0.2, 0.25) is 0 Å². The van der Waals surface area contributed by atoms with Gasteiger partial charge in [-0.05, 0) is 74.2 Å². The molecule has 2 fully saturated rings. The Bertz CT molecular complexity index is 928. The minimum Gasteiger partial charge on any atom is -0.326 e. The summed E-state index contributed by atoms with van der Waals surface area (Å²) in [4.78, 5) is 24.3. The van der Waals surface area contributed by atoms with Gasteiger partial charge in [-0.3, -0.25) is 9.59 Å². The zero-order valence-electron chi connectivity index (χ0n) is 16.1. The number of sulfone groups is 1. The Hall–Kier alpha value is -2.67. The highest BCUT2D eigenvalue weighted by Crippen LogP contribution is 2.29. The highest BCUT2D eigenvalue weighted by atomic mass is 32.2. The predicted molar refractivity (Wildman–Crippen MR) is 110 cm³/mol. The Morgan fingerprint density at radius 1 is 0.655 bits per heavy atom. The summed E-state index contributed by atoms with van der Waals surface area (Å²) in [6.45, 7) is 0. The van der Waals surface area contributed by atoms with Crippen molar-refractivity contribution < 1.29 is 18.0 Å². The van der Waals surface area contributed by atoms with Gasteiger partial charge in [-0.15, -0.1) is 0 Å². The van der Waals surface area contributed by atoms with Gasteiger partial charge in [0.05, 0.1) is 9.79 Å². The van der Waals surface area contributed by atoms with Gasteiger partial charge in [0.25, 0.3) is 0 Å². The number of nitrogens with one attached hydrogen (secondary N) is 2. The molecule has 0 atom stereocenters. The molecule has 152 valence electrons. The number of hydrogen-bond donors (Lipinski definition) is 2. The number of carbonyl (C=O) groups excluding carboxylic acids is 2. The lowest BCUT2D eigenvalue weighted by Crippen LogP contribution is -2.28. The van der Waals surface area contributed by atoms with Crippen molar-refractivity contribution in [3.8, 4) is 0 Å². The molecule has 2 aromatic carbocycles. The van der Waals surface area contributed by atoms with Crippen molar-refractivity contribution in [2.24, 2.45) is 11.8 Å². The van der Waals surface area contributed by atoms with E-state index in [1.54, 1.807) is 24.3 Å². The second kappa shape index (κ2) is 7.99. The van der Waals surface area contributed by atoms with E-state index in [9.17, 15) is 18.0 Å². The lowest BCUT2D eigenvalue weighted by Gasteiger charge is -2.24. The standard InChI is InChI=1S/C22H24N2O4S/c25-21(15-3-1-4-15)23-17-7-11-19(12-8-17)29(27,28)20-13-9-18(10-14-20)24-22(26)16-5-2-6-16/h7-16H,1-6H2,(H,23,25)(H,24,26). The van der Waals surface area contributed by atoms with Crippen LogP contribution in [0.25, 0.3) is 0 Å². The van der Waals surface area contributed by atoms with Gasteiger partial charge in [0, 0.05) is 23.2 Å². The first-order valence-corrected chi connectivity index (χ1v) is 11.5. The van der Waals surface area contributed by atoms with Crippen LogP contribution in [0.1, 0.15) is 38.5 Å². The Labute approximate surface area is 170 Å². The third-order valence-electron chi connectivity index (χ3n) is 5.82. The molecule has 2 aromatic rings. The number of benzene rings is 2. The largest absolute Gasteiger partial charge is 0.326 e. The first-order chi connectivity index (χ1) is 13.9. The van der Waals surface area contributed by atoms with Crippen LogP contribution in [0.15, 0.2) is 58.3 Å². The zero-order valence-corrected chi connectivity index (χ0v) is 16.9. The predicted octanol–water partition coefficient (Wildman–Crippen LogP) is 4.00. The van der Waals surface area contributed by atoms with Gasteiger partial charge in [0.2, 0.25) is 21.7 Å². The van der Waals surface area contributed by atoms with Crippen molar-refractivity contribution >= 4 is 33.0 Å². The van der Waals surface area contributed by atoms with E-state index in [1.165, 1.54) is 24.3 Å². The first kappa shape index (κ1) is 19.6. The number of anilines is 2. The van der Waals surface area contributed by atoms with Gasteiger partial charge >= 0.3 is 0 Å². The molecule has 0 aliphatic heterocycles. The average molecular weight is 413 g/mol. The summed E-state index contributed by atoms with van der Waals surface area (Å²) in [5.41, 5.74) is 1.19. The zero-order chi connectivity index (χ0) is 20.4. The highest BCUT2D eigenvalue weighted by Gasteiger charge is 2.26. The lowest BCUT2D eigenvalue weighted by atomic mass is 9.85. The van der Waals surface area contributed by atoms with Crippen LogP contribution in [-0.2, 0) is 19.4 Å². The molecule has 0 aromatic heterocycles. The average Bonchev–Trinajstić information content (AvgIpc) is 2.59. The van der Waals surface area contributed by atoms with Crippen molar-refractivity contribution in [2.45, 2.75) is 48.3 Å². The number of hydrogen-bond acceptors (Lipinski definition) is 4. The number of carbonyl (C=O) groups is 2. The van der Waals surface area contributed by atoms with Gasteiger partial charge in [-0.2, -0.15) is 0 Å². The third kappa shape index (κ3) is 4.19. The molecule has 0 unspecified atom stereocenters. The summed E-state index contributed by atoms with van der Waals surface area (Å²) in [5, 5.41) is 5.67. The van der Waals surface area contributed by atoms with Crippen molar-refractivity contribution in [2.75, 3.05) is 10.6 Å². The fourth-order valence-electron chi connectivity index (χ4n) is 3.40. The summed E-state index contributed by atoms with van der Waals surface area (Å²) < 4.78 is 25.7. The highest BCUT2D eigenvalue weighted by molar-refractivity contribution is 7.91. The topological polar surface area (TPSA) is 92.3 Å². The molecule has 7 heteroatoms. The van der Waals surface area contributed by atoms with E-state index < -0.39 is 9.84 Å². The summed E-state index contributed by atoms with van der Waals surface area (Å²) in [7, 11) is -3.67. The van der Waals surface area contributed by atoms with Gasteiger partial charge in [0.15, 0.2) is 0 Å². The molecule has 4 rings (SSSR count). The molecule has 2 amide bonds. The van der Waals surface area contributed by atoms with Gasteiger partial charge in [-0.1, -0.05) is 12.8 Å². The smallest absolute Gasteiger partial charge is 0.227 e. The normalized spacial score (nSPS) is 17.1. The fraction of sp³-hybridized carbons (Fsp3) is 0.364. The Morgan fingerprint density at radius 3 is 1.28 bits per heavy atom. The van der Waals surface area contributed by atoms with Crippen LogP contribution in [0.3, 0.4) is 0 Å². The lowest BCUT2D eigenvalue weighted by molar-refractivity contribution is -0.122. The Kier molecular flexibility index (Phi) is 5.41. The maximum absolute atomic E-state index is 12.9. The molecule has 0 spiro atoms. The van der Waals surface area contributed by atoms with Crippen LogP contribution in [-0.4, -0.2) is 20.2 Å². The minimum absolute atomic E-state index is 0.00797. The van der Waals surface area contributed by atoms with Gasteiger partial charge in [0.1, 0.15) is 0 Å². The van der Waals surface area contributed by atoms with Gasteiger partial charge < -0.3 is 10.6 Å². The van der Waals surface area contributed by atoms with E-state index in [4.69, 9.17) is 0 Å². The van der Waals surface area contributed by atoms with Crippen molar-refractivity contribution in [1.82, 2.24) is 0 Å². The molecule has 2 aliphatic carbocycles. The van der Waals surface area contributed by atoms with Crippen LogP contribution in [0.5, 0.6) is 0 Å². The third-order valence-corrected chi connectivity index (χ3v) is 7.60. The van der Waals surface area contributed by atoms with Crippen LogP contribution in [0, 0.1) is 11.8 Å². The molecule has 2 aliphatic rings. The summed E-state index contributed by atoms with van der Waals surface area (Å²) >= 11 is 0. The van der Waals surface area contributed by atoms with Crippen LogP contribution in [0.4, 0.5) is 11.4 Å². The molecule has 29 heavy (non-hydrogen) atoms. The molecule has 0 radical (unpaired) electrons. The minimum atomic E-state index is -3.67. The van der Waals surface area contributed by atoms with E-state index >= 15 is 0 Å². The molecule has 0 heterocycles. The van der Waals surface area contributed by atoms with Crippen molar-refractivity contribution in [3.63, 3.8) is 0 Å². The SMILES string of the molecule is O=C(Nc1ccc(S(=O)(=O)c2ccc(NC(=O)C3CCC3)cc2)cc1)C1CCC1. The van der Waals surface area contributed by atoms with E-state index in [0.29, 0.717) is 11.4 Å². The molecule has 2 saturated carbocycles. The molecule has 0 bridgehead atoms. The van der Waals surface area contributed by atoms with E-state index in [0.717, 1.165) is 38.5 Å². The quantitative estimate of drug-likeness (QED) is 0.750. The van der Waals surface area contributed by atoms with Crippen molar-refractivity contribution in [1.29, 1.82) is 0 Å². The monoisotopic (exact) mass is 412 g/mol. The molecule has 6 nitrogen and oxygen atoms in total. The van der Waals surface area contributed by atoms with E-state index in [-0.39, 0.29) is 33.4 Å². The fourth-order valence-corrected chi connectivity index (χ4v) is 4.66. The summed E-state index contributed by atoms with van der Waals surface area (Å²) in [6, 6.07) is 12.4. The van der Waals surface area contributed by atoms with Crippen molar-refractivity contribution in [3.05, 3.63) is 48.5 Å². The van der Waals surface area contributed by atoms with E-state index in [2.05, 4.69) is 10.6 Å². The second-order valence-electron chi connectivity index (χ2n) is 7.79. The first-order valence-electron chi connectivity index (χ1n) is 10.0. The Balaban J connectivity index is 1.43. The molecule has 0 saturated heterocycles. The van der Waals surface area contributed by atoms with Crippen LogP contribution < -0.4 is 10.6 Å². The van der Waals surface area contributed by atoms with Gasteiger partial charge in [-0.25, -0.2) is 8.42 Å². The summed E-state index contributed by atoms with van der Waals surface area (Å²) in [6.07, 6.45) is 5.81. The van der Waals surface area contributed by atoms with E-state index in [1.807, 2.05) is 0 Å².